The smallest absolute Gasteiger partial charge is 0.131 e. The molecule has 0 aliphatic carbocycles. The molecule has 3 fully saturated rings. The summed E-state index contributed by atoms with van der Waals surface area (Å²) in [7, 11) is 0. The molecule has 7 rings (SSSR count). The van der Waals surface area contributed by atoms with Gasteiger partial charge in [-0.2, -0.15) is 0 Å². The van der Waals surface area contributed by atoms with Crippen molar-refractivity contribution >= 4 is 21.7 Å². The lowest BCUT2D eigenvalue weighted by molar-refractivity contribution is -0.984. The highest BCUT2D eigenvalue weighted by molar-refractivity contribution is 5.85. The number of pyridine rings is 1. The summed E-state index contributed by atoms with van der Waals surface area (Å²) in [5.41, 5.74) is 3.35. The van der Waals surface area contributed by atoms with Crippen LogP contribution in [-0.4, -0.2) is 33.7 Å². The van der Waals surface area contributed by atoms with Gasteiger partial charge in [-0.15, -0.1) is 6.58 Å². The maximum absolute atomic E-state index is 11.9. The zero-order valence-electron chi connectivity index (χ0n) is 19.0. The fourth-order valence-corrected chi connectivity index (χ4v) is 6.73. The van der Waals surface area contributed by atoms with Gasteiger partial charge < -0.3 is 9.59 Å². The molecule has 0 saturated carbocycles. The summed E-state index contributed by atoms with van der Waals surface area (Å²) in [6, 6.07) is 25.7. The second-order valence-corrected chi connectivity index (χ2v) is 10.0. The Kier molecular flexibility index (Phi) is 5.05. The van der Waals surface area contributed by atoms with Gasteiger partial charge in [-0.05, 0) is 34.4 Å². The van der Waals surface area contributed by atoms with Crippen molar-refractivity contribution in [3.8, 4) is 0 Å². The maximum Gasteiger partial charge on any atom is 0.131 e. The van der Waals surface area contributed by atoms with Gasteiger partial charge in [0.25, 0.3) is 0 Å². The van der Waals surface area contributed by atoms with Crippen LogP contribution in [0.5, 0.6) is 0 Å². The first-order valence-corrected chi connectivity index (χ1v) is 12.2. The third-order valence-electron chi connectivity index (χ3n) is 8.41. The number of quaternary nitrogens is 1. The molecule has 3 aliphatic heterocycles. The quantitative estimate of drug-likeness (QED) is 0.307. The van der Waals surface area contributed by atoms with Crippen molar-refractivity contribution in [3.05, 3.63) is 103 Å². The molecule has 5 atom stereocenters. The number of hydrogen-bond acceptors (Lipinski definition) is 2. The number of aliphatic hydroxyl groups is 1. The fraction of sp³-hybridized carbons (Fsp3) is 0.300. The Morgan fingerprint density at radius 1 is 1.00 bits per heavy atom. The third kappa shape index (κ3) is 3.38. The lowest BCUT2D eigenvalue weighted by Gasteiger charge is -2.58. The molecule has 4 heterocycles. The van der Waals surface area contributed by atoms with E-state index in [1.54, 1.807) is 0 Å². The molecule has 1 aromatic heterocycles. The molecule has 0 spiro atoms. The second-order valence-electron chi connectivity index (χ2n) is 10.0. The molecule has 3 heteroatoms. The lowest BCUT2D eigenvalue weighted by atomic mass is 9.71. The van der Waals surface area contributed by atoms with Gasteiger partial charge in [0.2, 0.25) is 0 Å². The van der Waals surface area contributed by atoms with Gasteiger partial charge >= 0.3 is 0 Å². The summed E-state index contributed by atoms with van der Waals surface area (Å²) in [6.45, 7) is 7.30. The minimum absolute atomic E-state index is 0.171. The Morgan fingerprint density at radius 2 is 1.79 bits per heavy atom. The Labute approximate surface area is 195 Å². The van der Waals surface area contributed by atoms with Crippen LogP contribution in [0.25, 0.3) is 21.7 Å². The standard InChI is InChI=1S/C30H31N2O/c1-2-21-19-32(20-24-10-7-9-22-8-3-4-11-25(22)24)17-15-23(21)18-29(32)30(33)27-14-16-31-28-13-6-5-12-26(27)28/h2-14,16,21,23,29-30,33H,1,15,17-20H2/q+1/t21-,23-,29+,30-,32?/m0/s1. The normalized spacial score (nSPS) is 27.6. The highest BCUT2D eigenvalue weighted by atomic mass is 16.3. The van der Waals surface area contributed by atoms with Crippen LogP contribution in [0.1, 0.15) is 30.1 Å². The Bertz CT molecular complexity index is 1320. The fourth-order valence-electron chi connectivity index (χ4n) is 6.73. The van der Waals surface area contributed by atoms with Crippen LogP contribution in [0.2, 0.25) is 0 Å². The first-order chi connectivity index (χ1) is 16.2. The van der Waals surface area contributed by atoms with Crippen molar-refractivity contribution in [1.82, 2.24) is 4.98 Å². The maximum atomic E-state index is 11.9. The number of hydrogen-bond donors (Lipinski definition) is 1. The monoisotopic (exact) mass is 435 g/mol. The van der Waals surface area contributed by atoms with Crippen LogP contribution in [0.4, 0.5) is 0 Å². The highest BCUT2D eigenvalue weighted by Crippen LogP contribution is 2.48. The molecule has 33 heavy (non-hydrogen) atoms. The summed E-state index contributed by atoms with van der Waals surface area (Å²) in [5.74, 6) is 1.13. The van der Waals surface area contributed by atoms with Crippen molar-refractivity contribution in [2.75, 3.05) is 13.1 Å². The van der Waals surface area contributed by atoms with Gasteiger partial charge in [-0.25, -0.2) is 0 Å². The van der Waals surface area contributed by atoms with Crippen LogP contribution < -0.4 is 0 Å². The largest absolute Gasteiger partial charge is 0.382 e. The van der Waals surface area contributed by atoms with Gasteiger partial charge in [0.05, 0.1) is 18.6 Å². The number of benzene rings is 3. The summed E-state index contributed by atoms with van der Waals surface area (Å²) in [5, 5.41) is 15.6. The molecule has 0 amide bonds. The number of fused-ring (bicyclic) bond motifs is 5. The van der Waals surface area contributed by atoms with E-state index in [1.807, 2.05) is 30.5 Å². The van der Waals surface area contributed by atoms with Gasteiger partial charge in [-0.3, -0.25) is 4.98 Å². The molecule has 3 aliphatic rings. The van der Waals surface area contributed by atoms with Crippen LogP contribution in [0, 0.1) is 11.8 Å². The molecule has 1 unspecified atom stereocenters. The lowest BCUT2D eigenvalue weighted by Crippen LogP contribution is -2.67. The first-order valence-electron chi connectivity index (χ1n) is 12.2. The van der Waals surface area contributed by atoms with Crippen LogP contribution in [0.15, 0.2) is 91.6 Å². The van der Waals surface area contributed by atoms with Gasteiger partial charge in [0, 0.05) is 35.9 Å². The number of aromatic nitrogens is 1. The predicted molar refractivity (Wildman–Crippen MR) is 135 cm³/mol. The van der Waals surface area contributed by atoms with Crippen LogP contribution in [0.3, 0.4) is 0 Å². The second kappa shape index (κ2) is 8.09. The van der Waals surface area contributed by atoms with E-state index in [2.05, 4.69) is 66.2 Å². The van der Waals surface area contributed by atoms with Crippen molar-refractivity contribution in [3.63, 3.8) is 0 Å². The summed E-state index contributed by atoms with van der Waals surface area (Å²) >= 11 is 0. The van der Waals surface area contributed by atoms with Crippen molar-refractivity contribution in [2.45, 2.75) is 31.5 Å². The number of aliphatic hydroxyl groups excluding tert-OH is 1. The average Bonchev–Trinajstić information content (AvgIpc) is 2.88. The van der Waals surface area contributed by atoms with Crippen LogP contribution in [-0.2, 0) is 6.54 Å². The minimum Gasteiger partial charge on any atom is -0.382 e. The molecule has 3 nitrogen and oxygen atoms in total. The molecule has 4 aromatic rings. The van der Waals surface area contributed by atoms with Gasteiger partial charge in [0.15, 0.2) is 0 Å². The third-order valence-corrected chi connectivity index (χ3v) is 8.41. The van der Waals surface area contributed by atoms with Crippen molar-refractivity contribution in [2.24, 2.45) is 11.8 Å². The Hall–Kier alpha value is -3.01. The van der Waals surface area contributed by atoms with E-state index in [1.165, 1.54) is 22.8 Å². The molecule has 3 saturated heterocycles. The van der Waals surface area contributed by atoms with E-state index in [-0.39, 0.29) is 6.04 Å². The average molecular weight is 436 g/mol. The van der Waals surface area contributed by atoms with E-state index < -0.39 is 6.10 Å². The minimum atomic E-state index is -0.513. The SMILES string of the molecule is C=C[C@H]1C[N+]2(Cc3cccc4ccccc34)CC[C@H]1C[C@@H]2[C@@H](O)c1ccnc2ccccc12. The topological polar surface area (TPSA) is 33.1 Å². The Balaban J connectivity index is 1.44. The van der Waals surface area contributed by atoms with Crippen molar-refractivity contribution in [1.29, 1.82) is 0 Å². The Morgan fingerprint density at radius 3 is 2.67 bits per heavy atom. The van der Waals surface area contributed by atoms with E-state index in [0.717, 1.165) is 47.0 Å². The first kappa shape index (κ1) is 20.6. The summed E-state index contributed by atoms with van der Waals surface area (Å²) in [6.07, 6.45) is 5.76. The summed E-state index contributed by atoms with van der Waals surface area (Å²) in [4.78, 5) is 4.53. The zero-order valence-corrected chi connectivity index (χ0v) is 19.0. The molecular weight excluding hydrogens is 404 g/mol. The molecule has 1 N–H and O–H groups in total. The molecule has 3 aromatic carbocycles. The van der Waals surface area contributed by atoms with Gasteiger partial charge in [-0.1, -0.05) is 66.7 Å². The molecule has 166 valence electrons. The van der Waals surface area contributed by atoms with Crippen LogP contribution >= 0.6 is 0 Å². The van der Waals surface area contributed by atoms with E-state index in [0.29, 0.717) is 11.8 Å². The van der Waals surface area contributed by atoms with Crippen molar-refractivity contribution < 1.29 is 9.59 Å². The zero-order chi connectivity index (χ0) is 22.4. The number of rotatable bonds is 5. The number of piperidine rings is 3. The highest BCUT2D eigenvalue weighted by Gasteiger charge is 2.54. The molecule has 0 radical (unpaired) electrons. The summed E-state index contributed by atoms with van der Waals surface area (Å²) < 4.78 is 0.930. The predicted octanol–water partition coefficient (Wildman–Crippen LogP) is 6.03. The molecular formula is C30H31N2O+. The molecule has 2 bridgehead atoms. The number of para-hydroxylation sites is 1. The van der Waals surface area contributed by atoms with E-state index >= 15 is 0 Å². The van der Waals surface area contributed by atoms with Gasteiger partial charge in [0.1, 0.15) is 18.7 Å². The number of nitrogens with zero attached hydrogens (tertiary/aromatic N) is 2. The van der Waals surface area contributed by atoms with E-state index in [9.17, 15) is 5.11 Å². The van der Waals surface area contributed by atoms with E-state index in [4.69, 9.17) is 0 Å².